The van der Waals surface area contributed by atoms with Crippen LogP contribution in [0, 0.1) is 6.92 Å². The molecule has 0 atom stereocenters. The topological polar surface area (TPSA) is 51.2 Å². The number of pyridine rings is 1. The molecule has 1 heterocycles. The number of anilines is 1. The second kappa shape index (κ2) is 5.07. The first kappa shape index (κ1) is 11.1. The Morgan fingerprint density at radius 1 is 1.62 bits per heavy atom. The van der Waals surface area contributed by atoms with Gasteiger partial charge in [-0.2, -0.15) is 0 Å². The van der Waals surface area contributed by atoms with Crippen LogP contribution < -0.4 is 5.32 Å². The lowest BCUT2D eigenvalue weighted by Crippen LogP contribution is -2.15. The minimum absolute atomic E-state index is 0.0169. The Morgan fingerprint density at radius 3 is 3.12 bits per heavy atom. The van der Waals surface area contributed by atoms with Crippen LogP contribution in [0.5, 0.6) is 0 Å². The van der Waals surface area contributed by atoms with E-state index in [2.05, 4.69) is 10.3 Å². The minimum atomic E-state index is -0.0169. The van der Waals surface area contributed by atoms with Gasteiger partial charge in [-0.15, -0.1) is 0 Å². The smallest absolute Gasteiger partial charge is 0.226 e. The van der Waals surface area contributed by atoms with Crippen LogP contribution in [0.2, 0.25) is 0 Å². The zero-order valence-corrected chi connectivity index (χ0v) is 9.40. The zero-order chi connectivity index (χ0) is 11.4. The van der Waals surface area contributed by atoms with Crippen molar-refractivity contribution in [2.75, 3.05) is 11.9 Å². The third-order valence-electron chi connectivity index (χ3n) is 2.52. The molecule has 0 spiro atoms. The average Bonchev–Trinajstić information content (AvgIpc) is 3.05. The Bertz CT molecular complexity index is 375. The Labute approximate surface area is 95.0 Å². The van der Waals surface area contributed by atoms with E-state index >= 15 is 0 Å². The number of aromatic nitrogens is 1. The number of amides is 1. The summed E-state index contributed by atoms with van der Waals surface area (Å²) in [5, 5.41) is 2.82. The van der Waals surface area contributed by atoms with Crippen LogP contribution in [0.1, 0.15) is 24.8 Å². The van der Waals surface area contributed by atoms with Crippen LogP contribution >= 0.6 is 0 Å². The predicted molar refractivity (Wildman–Crippen MR) is 61.2 cm³/mol. The lowest BCUT2D eigenvalue weighted by atomic mass is 10.2. The number of aryl methyl sites for hydroxylation is 1. The summed E-state index contributed by atoms with van der Waals surface area (Å²) in [6, 6.07) is 1.87. The van der Waals surface area contributed by atoms with Gasteiger partial charge in [-0.25, -0.2) is 0 Å². The Hall–Kier alpha value is -1.42. The van der Waals surface area contributed by atoms with Gasteiger partial charge in [0, 0.05) is 6.20 Å². The van der Waals surface area contributed by atoms with Crippen molar-refractivity contribution < 1.29 is 9.53 Å². The molecule has 1 amide bonds. The van der Waals surface area contributed by atoms with Crippen LogP contribution in [0.15, 0.2) is 18.5 Å². The molecule has 1 aliphatic carbocycles. The standard InChI is InChI=1S/C12H16N2O2/c1-9-4-6-13-8-11(9)14-12(15)5-7-16-10-2-3-10/h4,6,8,10H,2-3,5,7H2,1H3,(H,14,15). The summed E-state index contributed by atoms with van der Waals surface area (Å²) in [5.74, 6) is -0.0169. The highest BCUT2D eigenvalue weighted by atomic mass is 16.5. The largest absolute Gasteiger partial charge is 0.378 e. The van der Waals surface area contributed by atoms with E-state index in [0.29, 0.717) is 19.1 Å². The van der Waals surface area contributed by atoms with Crippen LogP contribution in [0.4, 0.5) is 5.69 Å². The number of hydrogen-bond donors (Lipinski definition) is 1. The van der Waals surface area contributed by atoms with Crippen molar-refractivity contribution in [1.82, 2.24) is 4.98 Å². The van der Waals surface area contributed by atoms with Crippen LogP contribution in [0.3, 0.4) is 0 Å². The zero-order valence-electron chi connectivity index (χ0n) is 9.40. The van der Waals surface area contributed by atoms with Crippen molar-refractivity contribution in [3.05, 3.63) is 24.0 Å². The summed E-state index contributed by atoms with van der Waals surface area (Å²) in [6.07, 6.45) is 6.47. The fraction of sp³-hybridized carbons (Fsp3) is 0.500. The third-order valence-corrected chi connectivity index (χ3v) is 2.52. The van der Waals surface area contributed by atoms with E-state index in [0.717, 1.165) is 24.1 Å². The molecule has 16 heavy (non-hydrogen) atoms. The second-order valence-corrected chi connectivity index (χ2v) is 4.06. The lowest BCUT2D eigenvalue weighted by molar-refractivity contribution is -0.117. The molecule has 2 rings (SSSR count). The molecular formula is C12H16N2O2. The molecule has 4 heteroatoms. The van der Waals surface area contributed by atoms with Gasteiger partial charge in [0.05, 0.1) is 31.0 Å². The Kier molecular flexibility index (Phi) is 3.51. The van der Waals surface area contributed by atoms with Gasteiger partial charge < -0.3 is 10.1 Å². The molecule has 1 aliphatic rings. The van der Waals surface area contributed by atoms with Crippen LogP contribution in [-0.4, -0.2) is 23.6 Å². The fourth-order valence-electron chi connectivity index (χ4n) is 1.36. The molecule has 0 radical (unpaired) electrons. The van der Waals surface area contributed by atoms with Gasteiger partial charge in [-0.05, 0) is 31.4 Å². The van der Waals surface area contributed by atoms with Crippen LogP contribution in [0.25, 0.3) is 0 Å². The first-order chi connectivity index (χ1) is 7.75. The number of ether oxygens (including phenoxy) is 1. The maximum Gasteiger partial charge on any atom is 0.226 e. The SMILES string of the molecule is Cc1ccncc1NC(=O)CCOC1CC1. The molecule has 4 nitrogen and oxygen atoms in total. The van der Waals surface area contributed by atoms with E-state index in [1.807, 2.05) is 13.0 Å². The highest BCUT2D eigenvalue weighted by Gasteiger charge is 2.21. The van der Waals surface area contributed by atoms with E-state index in [1.165, 1.54) is 0 Å². The third kappa shape index (κ3) is 3.31. The summed E-state index contributed by atoms with van der Waals surface area (Å²) in [5.41, 5.74) is 1.80. The molecule has 0 aliphatic heterocycles. The molecule has 86 valence electrons. The first-order valence-electron chi connectivity index (χ1n) is 5.58. The highest BCUT2D eigenvalue weighted by molar-refractivity contribution is 5.91. The van der Waals surface area contributed by atoms with Gasteiger partial charge in [-0.1, -0.05) is 0 Å². The number of carbonyl (C=O) groups excluding carboxylic acids is 1. The molecule has 1 N–H and O–H groups in total. The lowest BCUT2D eigenvalue weighted by Gasteiger charge is -2.07. The molecule has 0 aromatic carbocycles. The van der Waals surface area contributed by atoms with E-state index in [4.69, 9.17) is 4.74 Å². The normalized spacial score (nSPS) is 14.8. The van der Waals surface area contributed by atoms with Crippen molar-refractivity contribution in [2.24, 2.45) is 0 Å². The van der Waals surface area contributed by atoms with Gasteiger partial charge in [0.2, 0.25) is 5.91 Å². The monoisotopic (exact) mass is 220 g/mol. The molecule has 0 bridgehead atoms. The number of carbonyl (C=O) groups is 1. The van der Waals surface area contributed by atoms with Crippen molar-refractivity contribution in [2.45, 2.75) is 32.3 Å². The van der Waals surface area contributed by atoms with Gasteiger partial charge >= 0.3 is 0 Å². The van der Waals surface area contributed by atoms with E-state index in [1.54, 1.807) is 12.4 Å². The summed E-state index contributed by atoms with van der Waals surface area (Å²) in [6.45, 7) is 2.45. The van der Waals surface area contributed by atoms with Gasteiger partial charge in [0.15, 0.2) is 0 Å². The second-order valence-electron chi connectivity index (χ2n) is 4.06. The molecular weight excluding hydrogens is 204 g/mol. The molecule has 1 aromatic rings. The minimum Gasteiger partial charge on any atom is -0.378 e. The molecule has 0 unspecified atom stereocenters. The summed E-state index contributed by atoms with van der Waals surface area (Å²) < 4.78 is 5.42. The van der Waals surface area contributed by atoms with Crippen molar-refractivity contribution >= 4 is 11.6 Å². The number of rotatable bonds is 5. The van der Waals surface area contributed by atoms with Crippen molar-refractivity contribution in [3.8, 4) is 0 Å². The molecule has 1 saturated carbocycles. The fourth-order valence-corrected chi connectivity index (χ4v) is 1.36. The maximum atomic E-state index is 11.5. The molecule has 1 aromatic heterocycles. The van der Waals surface area contributed by atoms with Crippen LogP contribution in [-0.2, 0) is 9.53 Å². The summed E-state index contributed by atoms with van der Waals surface area (Å²) in [4.78, 5) is 15.5. The van der Waals surface area contributed by atoms with Crippen molar-refractivity contribution in [1.29, 1.82) is 0 Å². The Balaban J connectivity index is 1.75. The van der Waals surface area contributed by atoms with Gasteiger partial charge in [-0.3, -0.25) is 9.78 Å². The van der Waals surface area contributed by atoms with Crippen molar-refractivity contribution in [3.63, 3.8) is 0 Å². The number of nitrogens with one attached hydrogen (secondary N) is 1. The average molecular weight is 220 g/mol. The molecule has 1 fully saturated rings. The van der Waals surface area contributed by atoms with E-state index in [-0.39, 0.29) is 5.91 Å². The summed E-state index contributed by atoms with van der Waals surface area (Å²) in [7, 11) is 0. The highest BCUT2D eigenvalue weighted by Crippen LogP contribution is 2.23. The quantitative estimate of drug-likeness (QED) is 0.824. The van der Waals surface area contributed by atoms with E-state index < -0.39 is 0 Å². The van der Waals surface area contributed by atoms with Gasteiger partial charge in [0.25, 0.3) is 0 Å². The predicted octanol–water partition coefficient (Wildman–Crippen LogP) is 1.90. The van der Waals surface area contributed by atoms with E-state index in [9.17, 15) is 4.79 Å². The van der Waals surface area contributed by atoms with Gasteiger partial charge in [0.1, 0.15) is 0 Å². The molecule has 0 saturated heterocycles. The first-order valence-corrected chi connectivity index (χ1v) is 5.58. The number of hydrogen-bond acceptors (Lipinski definition) is 3. The Morgan fingerprint density at radius 2 is 2.44 bits per heavy atom. The number of nitrogens with zero attached hydrogens (tertiary/aromatic N) is 1. The maximum absolute atomic E-state index is 11.5. The summed E-state index contributed by atoms with van der Waals surface area (Å²) >= 11 is 0.